The summed E-state index contributed by atoms with van der Waals surface area (Å²) in [5, 5.41) is 5.54. The number of allylic oxidation sites excluding steroid dienone is 6. The van der Waals surface area contributed by atoms with Crippen molar-refractivity contribution in [3.05, 3.63) is 102 Å². The normalized spacial score (nSPS) is 21.4. The number of hydrogen-bond donors (Lipinski definition) is 2. The van der Waals surface area contributed by atoms with Crippen LogP contribution in [0.15, 0.2) is 96.7 Å². The maximum absolute atomic E-state index is 6.54. The molecule has 1 unspecified atom stereocenters. The molecular weight excluding hydrogens is 360 g/mol. The maximum Gasteiger partial charge on any atom is 0.221 e. The van der Waals surface area contributed by atoms with Gasteiger partial charge in [0.15, 0.2) is 5.75 Å². The number of hydrogen-bond acceptors (Lipinski definition) is 5. The Labute approximate surface area is 170 Å². The Kier molecular flexibility index (Phi) is 4.30. The van der Waals surface area contributed by atoms with Gasteiger partial charge >= 0.3 is 0 Å². The van der Waals surface area contributed by atoms with Crippen molar-refractivity contribution in [1.82, 2.24) is 20.7 Å². The topological polar surface area (TPSA) is 49.4 Å². The number of pyridine rings is 1. The lowest BCUT2D eigenvalue weighted by Crippen LogP contribution is -2.52. The van der Waals surface area contributed by atoms with Gasteiger partial charge in [0.2, 0.25) is 5.88 Å². The van der Waals surface area contributed by atoms with Gasteiger partial charge in [-0.1, -0.05) is 49.1 Å². The molecule has 0 saturated heterocycles. The Morgan fingerprint density at radius 3 is 2.90 bits per heavy atom. The van der Waals surface area contributed by atoms with E-state index in [4.69, 9.17) is 4.74 Å². The minimum Gasteiger partial charge on any atom is -0.437 e. The molecule has 0 spiro atoms. The lowest BCUT2D eigenvalue weighted by molar-refractivity contribution is 0.121. The Morgan fingerprint density at radius 2 is 2.03 bits per heavy atom. The molecule has 0 bridgehead atoms. The fraction of sp³-hybridized carbons (Fsp3) is 0.125. The van der Waals surface area contributed by atoms with Crippen LogP contribution in [0.3, 0.4) is 0 Å². The van der Waals surface area contributed by atoms with Crippen molar-refractivity contribution in [2.45, 2.75) is 13.1 Å². The van der Waals surface area contributed by atoms with Crippen molar-refractivity contribution in [2.24, 2.45) is 0 Å². The van der Waals surface area contributed by atoms with E-state index in [2.05, 4.69) is 65.7 Å². The minimum absolute atomic E-state index is 0.102. The number of rotatable bonds is 1. The number of benzene rings is 1. The van der Waals surface area contributed by atoms with Gasteiger partial charge in [-0.25, -0.2) is 5.43 Å². The molecule has 3 aliphatic heterocycles. The van der Waals surface area contributed by atoms with Crippen LogP contribution in [0.25, 0.3) is 16.8 Å². The van der Waals surface area contributed by atoms with E-state index in [1.54, 1.807) is 6.20 Å². The van der Waals surface area contributed by atoms with Gasteiger partial charge in [0.05, 0.1) is 5.57 Å². The van der Waals surface area contributed by atoms with Crippen LogP contribution in [-0.2, 0) is 0 Å². The van der Waals surface area contributed by atoms with Crippen molar-refractivity contribution >= 4 is 5.57 Å². The van der Waals surface area contributed by atoms with Crippen molar-refractivity contribution in [3.63, 3.8) is 0 Å². The summed E-state index contributed by atoms with van der Waals surface area (Å²) in [6, 6.07) is 12.1. The van der Waals surface area contributed by atoms with Gasteiger partial charge in [-0.05, 0) is 42.3 Å². The minimum atomic E-state index is -0.102. The lowest BCUT2D eigenvalue weighted by Gasteiger charge is -2.36. The molecule has 29 heavy (non-hydrogen) atoms. The van der Waals surface area contributed by atoms with Gasteiger partial charge in [-0.15, -0.1) is 0 Å². The molecule has 0 amide bonds. The molecule has 2 N–H and O–H groups in total. The summed E-state index contributed by atoms with van der Waals surface area (Å²) >= 11 is 0. The van der Waals surface area contributed by atoms with Crippen LogP contribution in [0.4, 0.5) is 0 Å². The number of aromatic nitrogens is 1. The maximum atomic E-state index is 6.54. The monoisotopic (exact) mass is 382 g/mol. The first-order valence-electron chi connectivity index (χ1n) is 9.69. The number of nitrogens with zero attached hydrogens (tertiary/aromatic N) is 2. The summed E-state index contributed by atoms with van der Waals surface area (Å²) < 4.78 is 6.54. The molecule has 1 aromatic carbocycles. The Morgan fingerprint density at radius 1 is 1.17 bits per heavy atom. The molecule has 1 atom stereocenters. The van der Waals surface area contributed by atoms with E-state index in [-0.39, 0.29) is 6.17 Å². The van der Waals surface area contributed by atoms with Crippen LogP contribution >= 0.6 is 0 Å². The molecule has 0 radical (unpaired) electrons. The number of fused-ring (bicyclic) bond motifs is 4. The molecule has 5 nitrogen and oxygen atoms in total. The Balaban J connectivity index is 1.75. The van der Waals surface area contributed by atoms with E-state index >= 15 is 0 Å². The molecule has 0 fully saturated rings. The SMILES string of the molecule is C=C1/C=C\CNN(C2C=CC=C(C)N2)C2=C1c1ccccc1-c1ncccc1O2. The van der Waals surface area contributed by atoms with Crippen molar-refractivity contribution < 1.29 is 4.74 Å². The van der Waals surface area contributed by atoms with Crippen LogP contribution in [0.2, 0.25) is 0 Å². The fourth-order valence-electron chi connectivity index (χ4n) is 3.85. The highest BCUT2D eigenvalue weighted by atomic mass is 16.5. The molecule has 3 aliphatic rings. The van der Waals surface area contributed by atoms with E-state index in [0.29, 0.717) is 12.4 Å². The summed E-state index contributed by atoms with van der Waals surface area (Å²) in [5.41, 5.74) is 9.34. The molecule has 5 heteroatoms. The summed E-state index contributed by atoms with van der Waals surface area (Å²) in [4.78, 5) is 4.62. The second kappa shape index (κ2) is 7.11. The average Bonchev–Trinajstić information content (AvgIpc) is 2.87. The molecule has 2 aromatic rings. The molecule has 0 saturated carbocycles. The van der Waals surface area contributed by atoms with Gasteiger partial charge in [0.25, 0.3) is 0 Å². The summed E-state index contributed by atoms with van der Waals surface area (Å²) in [6.45, 7) is 7.06. The summed E-state index contributed by atoms with van der Waals surface area (Å²) in [7, 11) is 0. The third kappa shape index (κ3) is 3.05. The molecule has 0 aliphatic carbocycles. The Bertz CT molecular complexity index is 1110. The molecule has 144 valence electrons. The first-order valence-corrected chi connectivity index (χ1v) is 9.69. The average molecular weight is 382 g/mol. The standard InChI is InChI=1S/C24H22N4O/c1-16-8-6-15-26-28(21-13-5-9-17(2)27-21)24-22(16)18-10-3-4-11-19(18)23-20(29-24)12-7-14-25-23/h3-14,21,26-27H,1,15H2,2H3/b8-6-. The van der Waals surface area contributed by atoms with Gasteiger partial charge in [0, 0.05) is 24.0 Å². The van der Waals surface area contributed by atoms with Crippen molar-refractivity contribution in [2.75, 3.05) is 6.54 Å². The number of nitrogens with one attached hydrogen (secondary N) is 2. The van der Waals surface area contributed by atoms with Gasteiger partial charge in [-0.3, -0.25) is 9.99 Å². The van der Waals surface area contributed by atoms with Crippen LogP contribution in [0, 0.1) is 0 Å². The van der Waals surface area contributed by atoms with Gasteiger partial charge in [-0.2, -0.15) is 0 Å². The van der Waals surface area contributed by atoms with Crippen LogP contribution < -0.4 is 15.5 Å². The van der Waals surface area contributed by atoms with Gasteiger partial charge < -0.3 is 10.1 Å². The second-order valence-corrected chi connectivity index (χ2v) is 7.16. The highest BCUT2D eigenvalue weighted by molar-refractivity contribution is 5.92. The predicted octanol–water partition coefficient (Wildman–Crippen LogP) is 4.13. The molecule has 1 aromatic heterocycles. The zero-order valence-electron chi connectivity index (χ0n) is 16.2. The zero-order chi connectivity index (χ0) is 19.8. The molecule has 4 heterocycles. The molecule has 5 rings (SSSR count). The largest absolute Gasteiger partial charge is 0.437 e. The zero-order valence-corrected chi connectivity index (χ0v) is 16.2. The molecular formula is C24H22N4O. The van der Waals surface area contributed by atoms with Crippen molar-refractivity contribution in [3.8, 4) is 17.0 Å². The summed E-state index contributed by atoms with van der Waals surface area (Å²) in [5.74, 6) is 1.43. The lowest BCUT2D eigenvalue weighted by atomic mass is 9.92. The third-order valence-electron chi connectivity index (χ3n) is 5.17. The Hall–Kier alpha value is -3.57. The van der Waals surface area contributed by atoms with E-state index in [1.807, 2.05) is 35.4 Å². The van der Waals surface area contributed by atoms with E-state index in [1.165, 1.54) is 0 Å². The van der Waals surface area contributed by atoms with Crippen LogP contribution in [-0.4, -0.2) is 22.7 Å². The highest BCUT2D eigenvalue weighted by Gasteiger charge is 2.31. The van der Waals surface area contributed by atoms with Crippen LogP contribution in [0.5, 0.6) is 5.75 Å². The van der Waals surface area contributed by atoms with E-state index in [0.717, 1.165) is 39.4 Å². The number of hydrazine groups is 1. The summed E-state index contributed by atoms with van der Waals surface area (Å²) in [6.07, 6.45) is 12.0. The predicted molar refractivity (Wildman–Crippen MR) is 115 cm³/mol. The third-order valence-corrected chi connectivity index (χ3v) is 5.17. The smallest absolute Gasteiger partial charge is 0.221 e. The first kappa shape index (κ1) is 17.5. The van der Waals surface area contributed by atoms with Gasteiger partial charge in [0.1, 0.15) is 11.9 Å². The number of dihydropyridines is 1. The second-order valence-electron chi connectivity index (χ2n) is 7.16. The number of ether oxygens (including phenoxy) is 1. The van der Waals surface area contributed by atoms with E-state index < -0.39 is 0 Å². The van der Waals surface area contributed by atoms with Crippen molar-refractivity contribution in [1.29, 1.82) is 0 Å². The first-order chi connectivity index (χ1) is 14.2. The van der Waals surface area contributed by atoms with Crippen LogP contribution in [0.1, 0.15) is 12.5 Å². The fourth-order valence-corrected chi connectivity index (χ4v) is 3.85. The van der Waals surface area contributed by atoms with E-state index in [9.17, 15) is 0 Å². The quantitative estimate of drug-likeness (QED) is 0.777. The highest BCUT2D eigenvalue weighted by Crippen LogP contribution is 2.42.